The second kappa shape index (κ2) is 15.8. The lowest BCUT2D eigenvalue weighted by molar-refractivity contribution is -0.143. The Morgan fingerprint density at radius 2 is 1.81 bits per heavy atom. The number of amides is 2. The number of aliphatic hydroxyl groups excluding tert-OH is 1. The number of halogens is 2. The lowest BCUT2D eigenvalue weighted by Gasteiger charge is -2.28. The van der Waals surface area contributed by atoms with Crippen molar-refractivity contribution in [1.29, 1.82) is 0 Å². The van der Waals surface area contributed by atoms with Crippen LogP contribution in [0.2, 0.25) is 0 Å². The molecule has 226 valence electrons. The lowest BCUT2D eigenvalue weighted by atomic mass is 9.95. The monoisotopic (exact) mass is 808 g/mol. The number of benzene rings is 2. The molecule has 0 radical (unpaired) electrons. The van der Waals surface area contributed by atoms with Gasteiger partial charge >= 0.3 is 18.0 Å². The third kappa shape index (κ3) is 8.84. The molecule has 1 heterocycles. The quantitative estimate of drug-likeness (QED) is 0.0778. The van der Waals surface area contributed by atoms with Gasteiger partial charge in [-0.1, -0.05) is 6.07 Å². The summed E-state index contributed by atoms with van der Waals surface area (Å²) in [4.78, 5) is 35.9. The first-order chi connectivity index (χ1) is 20.1. The summed E-state index contributed by atoms with van der Waals surface area (Å²) in [6.45, 7) is 3.39. The maximum Gasteiger partial charge on any atom is 0.343 e. The Balaban J connectivity index is 1.65. The van der Waals surface area contributed by atoms with Crippen molar-refractivity contribution in [1.82, 2.24) is 16.1 Å². The van der Waals surface area contributed by atoms with Crippen LogP contribution in [-0.4, -0.2) is 69.6 Å². The number of ether oxygens (including phenoxy) is 5. The topological polar surface area (TPSA) is 166 Å². The maximum absolute atomic E-state index is 12.4. The Kier molecular flexibility index (Phi) is 12.5. The standard InChI is InChI=1S/C27H30I2N4O9/c1-5-40-20-10-16(24-23(26(36)39-4)14(2)31-27(37)32-24)6-7-19(20)41-12-21(34)33-30-11-15-8-17(28)25(18(29)9-15)42-13-22(35)38-3/h6-11,21,24,33-34H,5,12-13H2,1-4H3,(H2,31,32,37)/b30-11-/t21-,24-/m1/s1. The first kappa shape index (κ1) is 33.2. The van der Waals surface area contributed by atoms with Crippen LogP contribution in [0.3, 0.4) is 0 Å². The number of hydrogen-bond donors (Lipinski definition) is 4. The summed E-state index contributed by atoms with van der Waals surface area (Å²) in [5.74, 6) is 0.209. The number of allylic oxidation sites excluding steroid dienone is 1. The van der Waals surface area contributed by atoms with E-state index in [0.717, 1.165) is 12.7 Å². The summed E-state index contributed by atoms with van der Waals surface area (Å²) in [5.41, 5.74) is 4.57. The third-order valence-corrected chi connectivity index (χ3v) is 7.29. The van der Waals surface area contributed by atoms with Gasteiger partial charge in [0.15, 0.2) is 24.3 Å². The van der Waals surface area contributed by atoms with E-state index >= 15 is 0 Å². The number of methoxy groups -OCH3 is 2. The number of hydrazone groups is 1. The van der Waals surface area contributed by atoms with Crippen molar-refractivity contribution in [2.24, 2.45) is 5.10 Å². The van der Waals surface area contributed by atoms with E-state index in [1.807, 2.05) is 12.1 Å². The van der Waals surface area contributed by atoms with Crippen LogP contribution in [0.15, 0.2) is 46.7 Å². The molecule has 0 saturated heterocycles. The number of aliphatic hydroxyl groups is 1. The highest BCUT2D eigenvalue weighted by Gasteiger charge is 2.32. The Labute approximate surface area is 269 Å². The van der Waals surface area contributed by atoms with Gasteiger partial charge in [0, 0.05) is 5.70 Å². The average molecular weight is 808 g/mol. The minimum absolute atomic E-state index is 0.164. The SMILES string of the molecule is CCOc1cc([C@H]2NC(=O)NC(C)=C2C(=O)OC)ccc1OC[C@@H](O)N/N=C\c1cc(I)c(OCC(=O)OC)c(I)c1. The predicted octanol–water partition coefficient (Wildman–Crippen LogP) is 2.97. The lowest BCUT2D eigenvalue weighted by Crippen LogP contribution is -2.45. The highest BCUT2D eigenvalue weighted by molar-refractivity contribution is 14.1. The number of esters is 2. The minimum Gasteiger partial charge on any atom is -0.490 e. The van der Waals surface area contributed by atoms with Gasteiger partial charge in [0.2, 0.25) is 0 Å². The molecule has 0 aliphatic carbocycles. The van der Waals surface area contributed by atoms with Gasteiger partial charge < -0.3 is 39.4 Å². The van der Waals surface area contributed by atoms with E-state index in [1.54, 1.807) is 32.0 Å². The van der Waals surface area contributed by atoms with E-state index in [4.69, 9.17) is 18.9 Å². The average Bonchev–Trinajstić information content (AvgIpc) is 2.95. The number of rotatable bonds is 13. The number of hydrogen-bond acceptors (Lipinski definition) is 11. The van der Waals surface area contributed by atoms with Crippen LogP contribution in [0, 0.1) is 7.14 Å². The van der Waals surface area contributed by atoms with Gasteiger partial charge in [-0.2, -0.15) is 5.10 Å². The molecule has 3 rings (SSSR count). The van der Waals surface area contributed by atoms with Crippen molar-refractivity contribution in [2.45, 2.75) is 26.1 Å². The van der Waals surface area contributed by atoms with Gasteiger partial charge in [-0.25, -0.2) is 14.4 Å². The van der Waals surface area contributed by atoms with Crippen molar-refractivity contribution in [3.8, 4) is 17.2 Å². The molecular formula is C27H30I2N4O9. The summed E-state index contributed by atoms with van der Waals surface area (Å²) in [6.07, 6.45) is 0.371. The molecule has 0 fully saturated rings. The van der Waals surface area contributed by atoms with Crippen molar-refractivity contribution in [3.05, 3.63) is 59.9 Å². The number of urea groups is 1. The molecule has 0 spiro atoms. The number of nitrogens with one attached hydrogen (secondary N) is 3. The number of carbonyl (C=O) groups excluding carboxylic acids is 3. The molecule has 2 amide bonds. The molecule has 2 aromatic carbocycles. The van der Waals surface area contributed by atoms with Crippen LogP contribution in [0.25, 0.3) is 0 Å². The largest absolute Gasteiger partial charge is 0.490 e. The van der Waals surface area contributed by atoms with Crippen molar-refractivity contribution >= 4 is 69.4 Å². The summed E-state index contributed by atoms with van der Waals surface area (Å²) in [5, 5.41) is 19.8. The van der Waals surface area contributed by atoms with E-state index in [1.165, 1.54) is 20.4 Å². The maximum atomic E-state index is 12.4. The van der Waals surface area contributed by atoms with E-state index in [0.29, 0.717) is 35.1 Å². The summed E-state index contributed by atoms with van der Waals surface area (Å²) >= 11 is 4.19. The minimum atomic E-state index is -1.16. The van der Waals surface area contributed by atoms with Crippen LogP contribution in [0.5, 0.6) is 17.2 Å². The first-order valence-electron chi connectivity index (χ1n) is 12.5. The zero-order valence-electron chi connectivity index (χ0n) is 23.2. The van der Waals surface area contributed by atoms with Crippen molar-refractivity contribution in [2.75, 3.05) is 34.0 Å². The molecule has 1 aliphatic heterocycles. The van der Waals surface area contributed by atoms with E-state index < -0.39 is 30.2 Å². The van der Waals surface area contributed by atoms with Crippen molar-refractivity contribution < 1.29 is 43.2 Å². The molecule has 15 heteroatoms. The van der Waals surface area contributed by atoms with Crippen LogP contribution in [0.4, 0.5) is 4.79 Å². The van der Waals surface area contributed by atoms with Gasteiger partial charge in [0.05, 0.1) is 45.8 Å². The molecule has 2 aromatic rings. The molecule has 0 bridgehead atoms. The highest BCUT2D eigenvalue weighted by Crippen LogP contribution is 2.35. The smallest absolute Gasteiger partial charge is 0.343 e. The molecule has 2 atom stereocenters. The zero-order chi connectivity index (χ0) is 30.8. The Bertz CT molecular complexity index is 1360. The van der Waals surface area contributed by atoms with Crippen LogP contribution < -0.4 is 30.3 Å². The molecule has 4 N–H and O–H groups in total. The summed E-state index contributed by atoms with van der Waals surface area (Å²) in [7, 11) is 2.56. The fraction of sp³-hybridized carbons (Fsp3) is 0.333. The molecule has 42 heavy (non-hydrogen) atoms. The fourth-order valence-electron chi connectivity index (χ4n) is 3.80. The fourth-order valence-corrected chi connectivity index (χ4v) is 5.93. The van der Waals surface area contributed by atoms with E-state index in [2.05, 4.69) is 71.1 Å². The summed E-state index contributed by atoms with van der Waals surface area (Å²) in [6, 6.07) is 7.38. The van der Waals surface area contributed by atoms with Gasteiger partial charge in [0.25, 0.3) is 0 Å². The Morgan fingerprint density at radius 1 is 1.10 bits per heavy atom. The first-order valence-corrected chi connectivity index (χ1v) is 14.6. The highest BCUT2D eigenvalue weighted by atomic mass is 127. The van der Waals surface area contributed by atoms with Crippen LogP contribution in [-0.2, 0) is 19.1 Å². The number of carbonyl (C=O) groups is 3. The molecule has 0 unspecified atom stereocenters. The Hall–Kier alpha value is -3.32. The predicted molar refractivity (Wildman–Crippen MR) is 168 cm³/mol. The molecular weight excluding hydrogens is 778 g/mol. The van der Waals surface area contributed by atoms with E-state index in [9.17, 15) is 19.5 Å². The number of nitrogens with zero attached hydrogens (tertiary/aromatic N) is 1. The van der Waals surface area contributed by atoms with Gasteiger partial charge in [-0.05, 0) is 94.4 Å². The van der Waals surface area contributed by atoms with Gasteiger partial charge in [-0.3, -0.25) is 5.43 Å². The third-order valence-electron chi connectivity index (χ3n) is 5.69. The van der Waals surface area contributed by atoms with Gasteiger partial charge in [-0.15, -0.1) is 0 Å². The van der Waals surface area contributed by atoms with Crippen LogP contribution >= 0.6 is 45.2 Å². The Morgan fingerprint density at radius 3 is 2.45 bits per heavy atom. The van der Waals surface area contributed by atoms with E-state index in [-0.39, 0.29) is 18.8 Å². The van der Waals surface area contributed by atoms with Crippen LogP contribution in [0.1, 0.15) is 31.0 Å². The van der Waals surface area contributed by atoms with Gasteiger partial charge in [0.1, 0.15) is 12.4 Å². The molecule has 0 aromatic heterocycles. The zero-order valence-corrected chi connectivity index (χ0v) is 27.5. The second-order valence-corrected chi connectivity index (χ2v) is 10.9. The summed E-state index contributed by atoms with van der Waals surface area (Å²) < 4.78 is 28.1. The normalized spacial score (nSPS) is 15.4. The van der Waals surface area contributed by atoms with Crippen molar-refractivity contribution in [3.63, 3.8) is 0 Å². The molecule has 13 nitrogen and oxygen atoms in total. The molecule has 1 aliphatic rings. The molecule has 0 saturated carbocycles. The second-order valence-electron chi connectivity index (χ2n) is 8.59.